The van der Waals surface area contributed by atoms with E-state index in [9.17, 15) is 9.59 Å². The molecule has 4 heterocycles. The maximum atomic E-state index is 12.9. The molecule has 0 unspecified atom stereocenters. The van der Waals surface area contributed by atoms with Gasteiger partial charge in [0.2, 0.25) is 11.3 Å². The van der Waals surface area contributed by atoms with Gasteiger partial charge in [-0.2, -0.15) is 0 Å². The standard InChI is InChI=1S/C22H19N3O4/c1-22(2)9-16-14(11-28-22)8-15-18-19(29-20(15)24-16)21(27)25(12-23-18)10-17(26)13-6-4-3-5-7-13/h3-8,12H,9-11H2,1-2H3. The van der Waals surface area contributed by atoms with Crippen LogP contribution in [0.5, 0.6) is 0 Å². The lowest BCUT2D eigenvalue weighted by atomic mass is 9.95. The molecule has 0 radical (unpaired) electrons. The van der Waals surface area contributed by atoms with Crippen LogP contribution in [0.4, 0.5) is 0 Å². The van der Waals surface area contributed by atoms with E-state index in [4.69, 9.17) is 9.15 Å². The smallest absolute Gasteiger partial charge is 0.297 e. The summed E-state index contributed by atoms with van der Waals surface area (Å²) in [7, 11) is 0. The van der Waals surface area contributed by atoms with Gasteiger partial charge in [-0.05, 0) is 19.9 Å². The third-order valence-corrected chi connectivity index (χ3v) is 5.23. The minimum atomic E-state index is -0.396. The highest BCUT2D eigenvalue weighted by Gasteiger charge is 2.28. The number of aromatic nitrogens is 3. The Kier molecular flexibility index (Phi) is 3.89. The van der Waals surface area contributed by atoms with E-state index in [1.165, 1.54) is 10.9 Å². The number of carbonyl (C=O) groups is 1. The fourth-order valence-electron chi connectivity index (χ4n) is 3.66. The van der Waals surface area contributed by atoms with Crippen LogP contribution >= 0.6 is 0 Å². The lowest BCUT2D eigenvalue weighted by molar-refractivity contribution is -0.0411. The maximum Gasteiger partial charge on any atom is 0.297 e. The Balaban J connectivity index is 1.58. The Bertz CT molecular complexity index is 1320. The van der Waals surface area contributed by atoms with Gasteiger partial charge in [-0.15, -0.1) is 0 Å². The van der Waals surface area contributed by atoms with Gasteiger partial charge in [-0.1, -0.05) is 30.3 Å². The molecule has 0 N–H and O–H groups in total. The first kappa shape index (κ1) is 17.8. The molecule has 5 rings (SSSR count). The highest BCUT2D eigenvalue weighted by atomic mass is 16.5. The van der Waals surface area contributed by atoms with Crippen LogP contribution in [-0.4, -0.2) is 25.9 Å². The molecule has 7 heteroatoms. The number of ether oxygens (including phenoxy) is 1. The number of fused-ring (bicyclic) bond motifs is 4. The van der Waals surface area contributed by atoms with E-state index in [1.54, 1.807) is 24.3 Å². The summed E-state index contributed by atoms with van der Waals surface area (Å²) in [4.78, 5) is 34.4. The normalized spacial score (nSPS) is 15.5. The Labute approximate surface area is 166 Å². The summed E-state index contributed by atoms with van der Waals surface area (Å²) in [6, 6.07) is 10.8. The predicted octanol–water partition coefficient (Wildman–Crippen LogP) is 3.27. The van der Waals surface area contributed by atoms with Crippen molar-refractivity contribution >= 4 is 28.0 Å². The average molecular weight is 389 g/mol. The van der Waals surface area contributed by atoms with Crippen LogP contribution in [0.1, 0.15) is 35.5 Å². The second kappa shape index (κ2) is 6.35. The third kappa shape index (κ3) is 3.03. The van der Waals surface area contributed by atoms with Crippen molar-refractivity contribution in [3.05, 3.63) is 69.9 Å². The van der Waals surface area contributed by atoms with Crippen molar-refractivity contribution < 1.29 is 13.9 Å². The number of Topliss-reactive ketones (excluding diaryl/α,β-unsaturated/α-hetero) is 1. The van der Waals surface area contributed by atoms with E-state index in [2.05, 4.69) is 9.97 Å². The zero-order valence-electron chi connectivity index (χ0n) is 16.1. The molecule has 0 saturated carbocycles. The van der Waals surface area contributed by atoms with Crippen LogP contribution in [0.2, 0.25) is 0 Å². The summed E-state index contributed by atoms with van der Waals surface area (Å²) < 4.78 is 12.9. The molecule has 0 saturated heterocycles. The Morgan fingerprint density at radius 3 is 2.83 bits per heavy atom. The van der Waals surface area contributed by atoms with Crippen molar-refractivity contribution in [2.24, 2.45) is 0 Å². The highest BCUT2D eigenvalue weighted by molar-refractivity contribution is 6.01. The monoisotopic (exact) mass is 389 g/mol. The van der Waals surface area contributed by atoms with Crippen LogP contribution in [0, 0.1) is 0 Å². The molecule has 3 aromatic heterocycles. The fraction of sp³-hybridized carbons (Fsp3) is 0.273. The second-order valence-corrected chi connectivity index (χ2v) is 7.92. The van der Waals surface area contributed by atoms with Crippen molar-refractivity contribution in [2.45, 2.75) is 39.0 Å². The molecular weight excluding hydrogens is 370 g/mol. The number of hydrogen-bond acceptors (Lipinski definition) is 6. The van der Waals surface area contributed by atoms with Crippen molar-refractivity contribution in [3.63, 3.8) is 0 Å². The third-order valence-electron chi connectivity index (χ3n) is 5.23. The summed E-state index contributed by atoms with van der Waals surface area (Å²) in [6.45, 7) is 4.39. The van der Waals surface area contributed by atoms with Crippen molar-refractivity contribution in [3.8, 4) is 0 Å². The van der Waals surface area contributed by atoms with Gasteiger partial charge in [0.05, 0.1) is 36.2 Å². The van der Waals surface area contributed by atoms with E-state index in [0.29, 0.717) is 35.2 Å². The quantitative estimate of drug-likeness (QED) is 0.500. The summed E-state index contributed by atoms with van der Waals surface area (Å²) in [5, 5.41) is 0.681. The van der Waals surface area contributed by atoms with Gasteiger partial charge in [0.25, 0.3) is 5.56 Å². The molecule has 146 valence electrons. The number of benzene rings is 1. The minimum Gasteiger partial charge on any atom is -0.430 e. The number of nitrogens with zero attached hydrogens (tertiary/aromatic N) is 3. The van der Waals surface area contributed by atoms with Crippen molar-refractivity contribution in [2.75, 3.05) is 0 Å². The molecule has 0 spiro atoms. The van der Waals surface area contributed by atoms with E-state index in [1.807, 2.05) is 26.0 Å². The van der Waals surface area contributed by atoms with Crippen LogP contribution in [0.3, 0.4) is 0 Å². The molecule has 7 nitrogen and oxygen atoms in total. The first-order chi connectivity index (χ1) is 13.9. The first-order valence-electron chi connectivity index (χ1n) is 9.44. The van der Waals surface area contributed by atoms with Gasteiger partial charge in [0.1, 0.15) is 5.52 Å². The molecule has 1 aromatic carbocycles. The minimum absolute atomic E-state index is 0.102. The van der Waals surface area contributed by atoms with Gasteiger partial charge in [-0.3, -0.25) is 14.2 Å². The molecule has 0 fully saturated rings. The second-order valence-electron chi connectivity index (χ2n) is 7.92. The van der Waals surface area contributed by atoms with Gasteiger partial charge < -0.3 is 9.15 Å². The largest absolute Gasteiger partial charge is 0.430 e. The topological polar surface area (TPSA) is 87.2 Å². The summed E-state index contributed by atoms with van der Waals surface area (Å²) in [5.74, 6) is -0.169. The molecule has 0 amide bonds. The molecule has 0 atom stereocenters. The Hall–Kier alpha value is -3.32. The molecule has 1 aliphatic heterocycles. The van der Waals surface area contributed by atoms with E-state index < -0.39 is 5.56 Å². The Morgan fingerprint density at radius 1 is 1.24 bits per heavy atom. The molecular formula is C22H19N3O4. The number of furan rings is 1. The lowest BCUT2D eigenvalue weighted by Gasteiger charge is -2.30. The van der Waals surface area contributed by atoms with Gasteiger partial charge >= 0.3 is 0 Å². The number of rotatable bonds is 3. The molecule has 4 aromatic rings. The fourth-order valence-corrected chi connectivity index (χ4v) is 3.66. The lowest BCUT2D eigenvalue weighted by Crippen LogP contribution is -2.32. The van der Waals surface area contributed by atoms with E-state index in [0.717, 1.165) is 11.3 Å². The van der Waals surface area contributed by atoms with Crippen LogP contribution in [0.25, 0.3) is 22.2 Å². The first-order valence-corrected chi connectivity index (χ1v) is 9.44. The summed E-state index contributed by atoms with van der Waals surface area (Å²) in [5.41, 5.74) is 2.69. The zero-order valence-corrected chi connectivity index (χ0v) is 16.1. The van der Waals surface area contributed by atoms with Crippen LogP contribution < -0.4 is 5.56 Å². The van der Waals surface area contributed by atoms with Crippen molar-refractivity contribution in [1.82, 2.24) is 14.5 Å². The zero-order chi connectivity index (χ0) is 20.2. The summed E-state index contributed by atoms with van der Waals surface area (Å²) >= 11 is 0. The Morgan fingerprint density at radius 2 is 2.03 bits per heavy atom. The number of carbonyl (C=O) groups excluding carboxylic acids is 1. The van der Waals surface area contributed by atoms with Crippen LogP contribution in [0.15, 0.2) is 51.9 Å². The van der Waals surface area contributed by atoms with E-state index >= 15 is 0 Å². The van der Waals surface area contributed by atoms with Crippen molar-refractivity contribution in [1.29, 1.82) is 0 Å². The van der Waals surface area contributed by atoms with Gasteiger partial charge in [0, 0.05) is 17.5 Å². The van der Waals surface area contributed by atoms with E-state index in [-0.39, 0.29) is 23.5 Å². The number of hydrogen-bond donors (Lipinski definition) is 0. The molecule has 1 aliphatic rings. The summed E-state index contributed by atoms with van der Waals surface area (Å²) in [6.07, 6.45) is 2.05. The highest BCUT2D eigenvalue weighted by Crippen LogP contribution is 2.31. The number of ketones is 1. The molecule has 0 bridgehead atoms. The molecule has 0 aliphatic carbocycles. The average Bonchev–Trinajstić information content (AvgIpc) is 3.06. The predicted molar refractivity (Wildman–Crippen MR) is 107 cm³/mol. The maximum absolute atomic E-state index is 12.9. The number of pyridine rings is 1. The SMILES string of the molecule is CC1(C)Cc2nc3oc4c(=O)n(CC(=O)c5ccccc5)cnc4c3cc2CO1. The molecule has 29 heavy (non-hydrogen) atoms. The van der Waals surface area contributed by atoms with Gasteiger partial charge in [-0.25, -0.2) is 9.97 Å². The van der Waals surface area contributed by atoms with Gasteiger partial charge in [0.15, 0.2) is 5.78 Å². The van der Waals surface area contributed by atoms with Crippen LogP contribution in [-0.2, 0) is 24.3 Å².